The van der Waals surface area contributed by atoms with E-state index in [1.54, 1.807) is 18.2 Å². The summed E-state index contributed by atoms with van der Waals surface area (Å²) in [5.41, 5.74) is 3.32. The van der Waals surface area contributed by atoms with Gasteiger partial charge >= 0.3 is 0 Å². The number of nitrogens with one attached hydrogen (secondary N) is 1. The molecule has 0 spiro atoms. The number of ether oxygens (including phenoxy) is 2. The number of carbonyl (C=O) groups excluding carboxylic acids is 2. The molecule has 0 bridgehead atoms. The molecule has 3 rings (SSSR count). The Morgan fingerprint density at radius 3 is 2.33 bits per heavy atom. The van der Waals surface area contributed by atoms with E-state index in [4.69, 9.17) is 44.3 Å². The Morgan fingerprint density at radius 1 is 0.963 bits per heavy atom. The normalized spacial score (nSPS) is 15.3. The molecule has 0 aliphatic carbocycles. The standard InChI is InChI=1S/C18H13Cl3N2O4/c1-26-15-7-9(6-14(21)16(15)27-2)5-11-17(24)22-23(18(11)25)10-3-4-12(19)13(20)8-10/h3-8H,1-2H3,(H,22,24)/b11-5-. The van der Waals surface area contributed by atoms with Crippen LogP contribution >= 0.6 is 34.8 Å². The molecule has 27 heavy (non-hydrogen) atoms. The molecule has 140 valence electrons. The van der Waals surface area contributed by atoms with E-state index < -0.39 is 11.8 Å². The van der Waals surface area contributed by atoms with Crippen LogP contribution in [0.2, 0.25) is 15.1 Å². The molecule has 2 aromatic rings. The molecule has 0 unspecified atom stereocenters. The van der Waals surface area contributed by atoms with Gasteiger partial charge in [-0.3, -0.25) is 15.0 Å². The molecule has 1 aliphatic heterocycles. The number of hydrazine groups is 1. The van der Waals surface area contributed by atoms with Gasteiger partial charge in [-0.2, -0.15) is 0 Å². The molecule has 2 amide bonds. The van der Waals surface area contributed by atoms with Crippen LogP contribution in [0.3, 0.4) is 0 Å². The maximum Gasteiger partial charge on any atom is 0.282 e. The fourth-order valence-electron chi connectivity index (χ4n) is 2.55. The van der Waals surface area contributed by atoms with E-state index in [-0.39, 0.29) is 15.6 Å². The maximum atomic E-state index is 12.7. The Kier molecular flexibility index (Phi) is 5.51. The lowest BCUT2D eigenvalue weighted by atomic mass is 10.1. The van der Waals surface area contributed by atoms with Gasteiger partial charge in [-0.25, -0.2) is 5.01 Å². The Morgan fingerprint density at radius 2 is 1.70 bits per heavy atom. The molecule has 2 aromatic carbocycles. The maximum absolute atomic E-state index is 12.7. The Balaban J connectivity index is 1.98. The van der Waals surface area contributed by atoms with Crippen LogP contribution in [-0.4, -0.2) is 26.0 Å². The van der Waals surface area contributed by atoms with E-state index >= 15 is 0 Å². The van der Waals surface area contributed by atoms with E-state index in [0.717, 1.165) is 5.01 Å². The van der Waals surface area contributed by atoms with Crippen molar-refractivity contribution in [1.82, 2.24) is 5.43 Å². The molecule has 0 aromatic heterocycles. The van der Waals surface area contributed by atoms with Crippen molar-refractivity contribution in [3.05, 3.63) is 56.5 Å². The highest BCUT2D eigenvalue weighted by molar-refractivity contribution is 6.42. The van der Waals surface area contributed by atoms with Gasteiger partial charge < -0.3 is 9.47 Å². The lowest BCUT2D eigenvalue weighted by Crippen LogP contribution is -2.35. The molecule has 1 saturated heterocycles. The van der Waals surface area contributed by atoms with Crippen molar-refractivity contribution < 1.29 is 19.1 Å². The number of anilines is 1. The fraction of sp³-hybridized carbons (Fsp3) is 0.111. The van der Waals surface area contributed by atoms with E-state index in [1.807, 2.05) is 0 Å². The second-order valence-corrected chi connectivity index (χ2v) is 6.70. The molecule has 0 saturated carbocycles. The van der Waals surface area contributed by atoms with E-state index in [0.29, 0.717) is 27.8 Å². The van der Waals surface area contributed by atoms with Crippen molar-refractivity contribution in [1.29, 1.82) is 0 Å². The first-order chi connectivity index (χ1) is 12.8. The average Bonchev–Trinajstić information content (AvgIpc) is 2.91. The molecule has 0 radical (unpaired) electrons. The van der Waals surface area contributed by atoms with Crippen molar-refractivity contribution in [2.45, 2.75) is 0 Å². The van der Waals surface area contributed by atoms with Gasteiger partial charge in [-0.05, 0) is 42.0 Å². The minimum Gasteiger partial charge on any atom is -0.493 e. The summed E-state index contributed by atoms with van der Waals surface area (Å²) in [5.74, 6) is -0.355. The lowest BCUT2D eigenvalue weighted by molar-refractivity contribution is -0.117. The summed E-state index contributed by atoms with van der Waals surface area (Å²) in [7, 11) is 2.93. The van der Waals surface area contributed by atoms with Crippen LogP contribution in [0.25, 0.3) is 6.08 Å². The predicted octanol–water partition coefficient (Wildman–Crippen LogP) is 4.13. The summed E-state index contributed by atoms with van der Waals surface area (Å²) in [6.45, 7) is 0. The van der Waals surface area contributed by atoms with E-state index in [2.05, 4.69) is 5.43 Å². The zero-order chi connectivity index (χ0) is 19.7. The SMILES string of the molecule is COc1cc(/C=C2/C(=O)NN(c3ccc(Cl)c(Cl)c3)C2=O)cc(Cl)c1OC. The van der Waals surface area contributed by atoms with Crippen molar-refractivity contribution >= 4 is 58.4 Å². The summed E-state index contributed by atoms with van der Waals surface area (Å²) >= 11 is 18.0. The molecule has 1 heterocycles. The second-order valence-electron chi connectivity index (χ2n) is 5.48. The van der Waals surface area contributed by atoms with Gasteiger partial charge in [0.25, 0.3) is 11.8 Å². The zero-order valence-corrected chi connectivity index (χ0v) is 16.4. The van der Waals surface area contributed by atoms with Gasteiger partial charge in [0.2, 0.25) is 0 Å². The highest BCUT2D eigenvalue weighted by atomic mass is 35.5. The quantitative estimate of drug-likeness (QED) is 0.588. The largest absolute Gasteiger partial charge is 0.493 e. The van der Waals surface area contributed by atoms with Crippen molar-refractivity contribution in [3.63, 3.8) is 0 Å². The molecular weight excluding hydrogens is 415 g/mol. The number of methoxy groups -OCH3 is 2. The third-order valence-electron chi connectivity index (χ3n) is 3.82. The topological polar surface area (TPSA) is 67.9 Å². The third-order valence-corrected chi connectivity index (χ3v) is 4.84. The Hall–Kier alpha value is -2.41. The number of rotatable bonds is 4. The van der Waals surface area contributed by atoms with Crippen LogP contribution < -0.4 is 19.9 Å². The first-order valence-electron chi connectivity index (χ1n) is 7.59. The van der Waals surface area contributed by atoms with Gasteiger partial charge in [0.1, 0.15) is 5.57 Å². The van der Waals surface area contributed by atoms with Crippen molar-refractivity contribution in [3.8, 4) is 11.5 Å². The third kappa shape index (κ3) is 3.69. The van der Waals surface area contributed by atoms with Gasteiger partial charge in [-0.1, -0.05) is 34.8 Å². The first kappa shape index (κ1) is 19.4. The fourth-order valence-corrected chi connectivity index (χ4v) is 3.14. The number of nitrogens with zero attached hydrogens (tertiary/aromatic N) is 1. The Bertz CT molecular complexity index is 975. The molecule has 9 heteroatoms. The van der Waals surface area contributed by atoms with E-state index in [1.165, 1.54) is 32.4 Å². The summed E-state index contributed by atoms with van der Waals surface area (Å²) in [6.07, 6.45) is 1.42. The van der Waals surface area contributed by atoms with Crippen LogP contribution in [0.1, 0.15) is 5.56 Å². The molecule has 1 N–H and O–H groups in total. The number of hydrogen-bond acceptors (Lipinski definition) is 4. The minimum atomic E-state index is -0.558. The highest BCUT2D eigenvalue weighted by Crippen LogP contribution is 2.37. The number of amides is 2. The molecule has 1 fully saturated rings. The van der Waals surface area contributed by atoms with Gasteiger partial charge in [0.05, 0.1) is 35.0 Å². The van der Waals surface area contributed by atoms with Crippen LogP contribution in [-0.2, 0) is 9.59 Å². The average molecular weight is 428 g/mol. The predicted molar refractivity (Wildman–Crippen MR) is 105 cm³/mol. The molecule has 0 atom stereocenters. The summed E-state index contributed by atoms with van der Waals surface area (Å²) < 4.78 is 10.4. The monoisotopic (exact) mass is 426 g/mol. The molecular formula is C18H13Cl3N2O4. The first-order valence-corrected chi connectivity index (χ1v) is 8.72. The van der Waals surface area contributed by atoms with Crippen molar-refractivity contribution in [2.75, 3.05) is 19.2 Å². The summed E-state index contributed by atoms with van der Waals surface area (Å²) in [5, 5.41) is 1.99. The Labute approximate surface area is 170 Å². The smallest absolute Gasteiger partial charge is 0.282 e. The molecule has 6 nitrogen and oxygen atoms in total. The van der Waals surface area contributed by atoms with Crippen LogP contribution in [0.15, 0.2) is 35.9 Å². The van der Waals surface area contributed by atoms with Crippen LogP contribution in [0.4, 0.5) is 5.69 Å². The number of halogens is 3. The lowest BCUT2D eigenvalue weighted by Gasteiger charge is -2.15. The minimum absolute atomic E-state index is 0.0654. The highest BCUT2D eigenvalue weighted by Gasteiger charge is 2.34. The van der Waals surface area contributed by atoms with Crippen LogP contribution in [0, 0.1) is 0 Å². The molecule has 1 aliphatic rings. The van der Waals surface area contributed by atoms with Gasteiger partial charge in [-0.15, -0.1) is 0 Å². The number of carbonyl (C=O) groups is 2. The number of benzene rings is 2. The second kappa shape index (κ2) is 7.68. The van der Waals surface area contributed by atoms with E-state index in [9.17, 15) is 9.59 Å². The zero-order valence-electron chi connectivity index (χ0n) is 14.2. The van der Waals surface area contributed by atoms with Crippen molar-refractivity contribution in [2.24, 2.45) is 0 Å². The van der Waals surface area contributed by atoms with Gasteiger partial charge in [0, 0.05) is 0 Å². The van der Waals surface area contributed by atoms with Crippen LogP contribution in [0.5, 0.6) is 11.5 Å². The van der Waals surface area contributed by atoms with Gasteiger partial charge in [0.15, 0.2) is 11.5 Å². The summed E-state index contributed by atoms with van der Waals surface area (Å²) in [4.78, 5) is 25.0. The number of hydrogen-bond donors (Lipinski definition) is 1. The summed E-state index contributed by atoms with van der Waals surface area (Å²) in [6, 6.07) is 7.77.